The van der Waals surface area contributed by atoms with Crippen LogP contribution in [0.2, 0.25) is 5.02 Å². The average molecular weight is 597 g/mol. The normalized spacial score (nSPS) is 11.0. The Morgan fingerprint density at radius 1 is 1.16 bits per heavy atom. The number of furan rings is 1. The number of aryl methyl sites for hydroxylation is 1. The lowest BCUT2D eigenvalue weighted by atomic mass is 10.2. The maximum absolute atomic E-state index is 12.7. The van der Waals surface area contributed by atoms with Gasteiger partial charge in [-0.2, -0.15) is 0 Å². The fourth-order valence-electron chi connectivity index (χ4n) is 3.06. The fraction of sp³-hybridized carbons (Fsp3) is 0.136. The molecule has 32 heavy (non-hydrogen) atoms. The van der Waals surface area contributed by atoms with Crippen LogP contribution < -0.4 is 5.32 Å². The number of carbonyl (C=O) groups is 1. The third kappa shape index (κ3) is 5.46. The van der Waals surface area contributed by atoms with Gasteiger partial charge >= 0.3 is 0 Å². The molecule has 0 aliphatic rings. The molecule has 0 atom stereocenters. The van der Waals surface area contributed by atoms with Crippen molar-refractivity contribution in [1.82, 2.24) is 14.8 Å². The van der Waals surface area contributed by atoms with Crippen molar-refractivity contribution in [2.45, 2.75) is 18.6 Å². The number of carbonyl (C=O) groups excluding carboxylic acids is 1. The van der Waals surface area contributed by atoms with Gasteiger partial charge in [0.15, 0.2) is 11.0 Å². The Labute approximate surface area is 211 Å². The minimum absolute atomic E-state index is 0.155. The Bertz CT molecular complexity index is 1240. The smallest absolute Gasteiger partial charge is 0.234 e. The summed E-state index contributed by atoms with van der Waals surface area (Å²) in [7, 11) is 0. The molecule has 0 aliphatic carbocycles. The molecule has 6 nitrogen and oxygen atoms in total. The first-order valence-corrected chi connectivity index (χ1v) is 12.5. The fourth-order valence-corrected chi connectivity index (χ4v) is 5.60. The van der Waals surface area contributed by atoms with Gasteiger partial charge in [0.05, 0.1) is 24.2 Å². The zero-order valence-electron chi connectivity index (χ0n) is 16.8. The lowest BCUT2D eigenvalue weighted by Gasteiger charge is -2.11. The molecule has 4 rings (SSSR count). The largest absolute Gasteiger partial charge is 0.467 e. The first-order valence-electron chi connectivity index (χ1n) is 9.50. The summed E-state index contributed by atoms with van der Waals surface area (Å²) >= 11 is 14.5. The van der Waals surface area contributed by atoms with Crippen molar-refractivity contribution in [3.8, 4) is 11.4 Å². The third-order valence-corrected chi connectivity index (χ3v) is 6.93. The minimum atomic E-state index is -0.155. The quantitative estimate of drug-likeness (QED) is 0.238. The number of halogens is 3. The Morgan fingerprint density at radius 3 is 2.62 bits per heavy atom. The SMILES string of the molecule is Cc1cc(Br)c(NC(=O)CSc2nnc(-c3cccc(Cl)c3)n2Cc2ccco2)c(Br)c1. The Hall–Kier alpha value is -2.07. The molecule has 1 N–H and O–H groups in total. The first kappa shape index (κ1) is 23.1. The van der Waals surface area contributed by atoms with Gasteiger partial charge in [-0.05, 0) is 80.7 Å². The number of amides is 1. The van der Waals surface area contributed by atoms with Crippen molar-refractivity contribution in [3.05, 3.63) is 80.1 Å². The van der Waals surface area contributed by atoms with E-state index in [9.17, 15) is 4.79 Å². The van der Waals surface area contributed by atoms with E-state index in [1.165, 1.54) is 11.8 Å². The Kier molecular flexibility index (Phi) is 7.40. The van der Waals surface area contributed by atoms with Crippen LogP contribution in [0.25, 0.3) is 11.4 Å². The molecule has 0 radical (unpaired) electrons. The lowest BCUT2D eigenvalue weighted by Crippen LogP contribution is -2.15. The Morgan fingerprint density at radius 2 is 1.94 bits per heavy atom. The Balaban J connectivity index is 1.55. The maximum Gasteiger partial charge on any atom is 0.234 e. The average Bonchev–Trinajstić information content (AvgIpc) is 3.39. The predicted molar refractivity (Wildman–Crippen MR) is 134 cm³/mol. The van der Waals surface area contributed by atoms with Gasteiger partial charge in [0.1, 0.15) is 5.76 Å². The molecule has 2 aromatic carbocycles. The molecule has 0 aliphatic heterocycles. The highest BCUT2D eigenvalue weighted by Crippen LogP contribution is 2.33. The topological polar surface area (TPSA) is 73.0 Å². The van der Waals surface area contributed by atoms with Crippen LogP contribution in [-0.4, -0.2) is 26.4 Å². The molecule has 0 fully saturated rings. The molecule has 164 valence electrons. The van der Waals surface area contributed by atoms with Crippen LogP contribution in [0.1, 0.15) is 11.3 Å². The van der Waals surface area contributed by atoms with E-state index >= 15 is 0 Å². The molecule has 0 saturated heterocycles. The molecule has 0 saturated carbocycles. The van der Waals surface area contributed by atoms with Gasteiger partial charge in [0.25, 0.3) is 0 Å². The van der Waals surface area contributed by atoms with Gasteiger partial charge in [0.2, 0.25) is 5.91 Å². The molecular weight excluding hydrogens is 580 g/mol. The number of aromatic nitrogens is 3. The highest BCUT2D eigenvalue weighted by molar-refractivity contribution is 9.11. The van der Waals surface area contributed by atoms with E-state index in [-0.39, 0.29) is 11.7 Å². The number of rotatable bonds is 7. The molecule has 4 aromatic rings. The van der Waals surface area contributed by atoms with Gasteiger partial charge in [-0.1, -0.05) is 35.5 Å². The summed E-state index contributed by atoms with van der Waals surface area (Å²) in [6, 6.07) is 15.0. The molecule has 0 bridgehead atoms. The van der Waals surface area contributed by atoms with Gasteiger partial charge in [0, 0.05) is 19.5 Å². The zero-order chi connectivity index (χ0) is 22.7. The van der Waals surface area contributed by atoms with Crippen molar-refractivity contribution < 1.29 is 9.21 Å². The number of hydrogen-bond acceptors (Lipinski definition) is 5. The minimum Gasteiger partial charge on any atom is -0.467 e. The molecular formula is C22H17Br2ClN4O2S. The van der Waals surface area contributed by atoms with Gasteiger partial charge < -0.3 is 9.73 Å². The molecule has 10 heteroatoms. The molecule has 0 unspecified atom stereocenters. The highest BCUT2D eigenvalue weighted by Gasteiger charge is 2.18. The maximum atomic E-state index is 12.7. The molecule has 0 spiro atoms. The second-order valence-corrected chi connectivity index (χ2v) is 10.0. The summed E-state index contributed by atoms with van der Waals surface area (Å²) in [6.07, 6.45) is 1.62. The van der Waals surface area contributed by atoms with Gasteiger partial charge in [-0.15, -0.1) is 10.2 Å². The number of thioether (sulfide) groups is 1. The van der Waals surface area contributed by atoms with E-state index in [2.05, 4.69) is 47.4 Å². The number of nitrogens with zero attached hydrogens (tertiary/aromatic N) is 3. The summed E-state index contributed by atoms with van der Waals surface area (Å²) in [5.41, 5.74) is 2.61. The van der Waals surface area contributed by atoms with Crippen LogP contribution in [0.4, 0.5) is 5.69 Å². The standard InChI is InChI=1S/C22H17Br2ClN4O2S/c1-13-8-17(23)20(18(24)9-13)26-19(30)12-32-22-28-27-21(14-4-2-5-15(25)10-14)29(22)11-16-6-3-7-31-16/h2-10H,11-12H2,1H3,(H,26,30). The summed E-state index contributed by atoms with van der Waals surface area (Å²) in [5, 5.41) is 12.8. The number of nitrogens with one attached hydrogen (secondary N) is 1. The van der Waals surface area contributed by atoms with Gasteiger partial charge in [-0.25, -0.2) is 0 Å². The van der Waals surface area contributed by atoms with E-state index in [0.29, 0.717) is 28.2 Å². The van der Waals surface area contributed by atoms with Crippen LogP contribution in [-0.2, 0) is 11.3 Å². The molecule has 1 amide bonds. The van der Waals surface area contributed by atoms with E-state index in [1.807, 2.05) is 54.0 Å². The predicted octanol–water partition coefficient (Wildman–Crippen LogP) is 6.80. The van der Waals surface area contributed by atoms with Gasteiger partial charge in [-0.3, -0.25) is 9.36 Å². The second-order valence-electron chi connectivity index (χ2n) is 6.92. The summed E-state index contributed by atoms with van der Waals surface area (Å²) in [6.45, 7) is 2.42. The van der Waals surface area contributed by atoms with E-state index in [1.54, 1.807) is 12.3 Å². The van der Waals surface area contributed by atoms with Crippen molar-refractivity contribution in [1.29, 1.82) is 0 Å². The van der Waals surface area contributed by atoms with Crippen LogP contribution >= 0.6 is 55.2 Å². The van der Waals surface area contributed by atoms with E-state index < -0.39 is 0 Å². The molecule has 2 aromatic heterocycles. The number of anilines is 1. The highest BCUT2D eigenvalue weighted by atomic mass is 79.9. The summed E-state index contributed by atoms with van der Waals surface area (Å²) < 4.78 is 9.06. The third-order valence-electron chi connectivity index (χ3n) is 4.48. The van der Waals surface area contributed by atoms with Crippen molar-refractivity contribution in [2.75, 3.05) is 11.1 Å². The van der Waals surface area contributed by atoms with Crippen LogP contribution in [0.15, 0.2) is 73.3 Å². The summed E-state index contributed by atoms with van der Waals surface area (Å²) in [5.74, 6) is 1.42. The van der Waals surface area contributed by atoms with Crippen molar-refractivity contribution in [2.24, 2.45) is 0 Å². The lowest BCUT2D eigenvalue weighted by molar-refractivity contribution is -0.113. The first-order chi connectivity index (χ1) is 15.4. The van der Waals surface area contributed by atoms with Crippen LogP contribution in [0, 0.1) is 6.92 Å². The summed E-state index contributed by atoms with van der Waals surface area (Å²) in [4.78, 5) is 12.7. The van der Waals surface area contributed by atoms with Crippen LogP contribution in [0.3, 0.4) is 0 Å². The van der Waals surface area contributed by atoms with Crippen molar-refractivity contribution in [3.63, 3.8) is 0 Å². The van der Waals surface area contributed by atoms with E-state index in [0.717, 1.165) is 25.8 Å². The number of hydrogen-bond donors (Lipinski definition) is 1. The number of benzene rings is 2. The van der Waals surface area contributed by atoms with Crippen LogP contribution in [0.5, 0.6) is 0 Å². The van der Waals surface area contributed by atoms with E-state index in [4.69, 9.17) is 16.0 Å². The molecule has 2 heterocycles. The second kappa shape index (κ2) is 10.2. The monoisotopic (exact) mass is 594 g/mol. The zero-order valence-corrected chi connectivity index (χ0v) is 21.6. The van der Waals surface area contributed by atoms with Crippen molar-refractivity contribution >= 4 is 66.8 Å².